The Balaban J connectivity index is 1.09. The van der Waals surface area contributed by atoms with E-state index in [-0.39, 0.29) is 75.0 Å². The molecule has 4 rings (SSSR count). The van der Waals surface area contributed by atoms with Crippen molar-refractivity contribution >= 4 is 36.6 Å². The molecule has 2 aliphatic heterocycles. The van der Waals surface area contributed by atoms with Crippen molar-refractivity contribution in [2.75, 3.05) is 58.7 Å². The zero-order chi connectivity index (χ0) is 37.8. The highest BCUT2D eigenvalue weighted by Gasteiger charge is 2.47. The molecule has 2 aromatic rings. The molecule has 2 aromatic heterocycles. The van der Waals surface area contributed by atoms with Crippen LogP contribution in [0.15, 0.2) is 12.7 Å². The van der Waals surface area contributed by atoms with E-state index in [2.05, 4.69) is 30.1 Å². The van der Waals surface area contributed by atoms with E-state index in [9.17, 15) is 29.5 Å². The van der Waals surface area contributed by atoms with Crippen LogP contribution in [-0.4, -0.2) is 152 Å². The van der Waals surface area contributed by atoms with Crippen LogP contribution in [0.25, 0.3) is 11.2 Å². The predicted molar refractivity (Wildman–Crippen MR) is 175 cm³/mol. The van der Waals surface area contributed by atoms with Gasteiger partial charge in [0.15, 0.2) is 24.0 Å². The number of imidazole rings is 1. The molecule has 294 valence electrons. The number of hydrogen-bond donors (Lipinski definition) is 8. The van der Waals surface area contributed by atoms with Crippen molar-refractivity contribution in [3.05, 3.63) is 12.7 Å². The number of phosphoric acid groups is 1. The van der Waals surface area contributed by atoms with Gasteiger partial charge in [-0.3, -0.25) is 18.7 Å². The lowest BCUT2D eigenvalue weighted by molar-refractivity contribution is -0.257. The van der Waals surface area contributed by atoms with Crippen LogP contribution in [0, 0.1) is 5.92 Å². The van der Waals surface area contributed by atoms with E-state index >= 15 is 0 Å². The molecule has 0 radical (unpaired) electrons. The van der Waals surface area contributed by atoms with Crippen LogP contribution in [0.4, 0.5) is 5.82 Å². The molecule has 2 aliphatic rings. The number of nitrogens with two attached hydrogens (primary N) is 1. The second-order valence-corrected chi connectivity index (χ2v) is 13.4. The van der Waals surface area contributed by atoms with Crippen LogP contribution in [-0.2, 0) is 47.1 Å². The monoisotopic (exact) mass is 765 g/mol. The Hall–Kier alpha value is -2.96. The number of amides is 2. The molecule has 52 heavy (non-hydrogen) atoms. The number of anilines is 1. The Kier molecular flexibility index (Phi) is 16.0. The highest BCUT2D eigenvalue weighted by molar-refractivity contribution is 7.46. The number of ether oxygens (including phenoxy) is 6. The number of aliphatic hydroxyl groups excluding tert-OH is 3. The topological polar surface area (TPSA) is 311 Å². The molecule has 0 saturated carbocycles. The van der Waals surface area contributed by atoms with Crippen molar-refractivity contribution in [3.8, 4) is 0 Å². The largest absolute Gasteiger partial charge is 0.469 e. The summed E-state index contributed by atoms with van der Waals surface area (Å²) in [6, 6.07) is -0.595. The van der Waals surface area contributed by atoms with Crippen LogP contribution in [0.5, 0.6) is 0 Å². The molecule has 0 aromatic carbocycles. The highest BCUT2D eigenvalue weighted by atomic mass is 31.2. The summed E-state index contributed by atoms with van der Waals surface area (Å²) in [6.45, 7) is 2.77. The number of unbranched alkanes of at least 4 members (excludes halogenated alkanes) is 1. The Morgan fingerprint density at radius 3 is 2.52 bits per heavy atom. The summed E-state index contributed by atoms with van der Waals surface area (Å²) < 4.78 is 51.2. The van der Waals surface area contributed by atoms with Gasteiger partial charge in [-0.05, 0) is 12.8 Å². The van der Waals surface area contributed by atoms with Gasteiger partial charge in [-0.25, -0.2) is 19.5 Å². The Morgan fingerprint density at radius 2 is 1.79 bits per heavy atom. The molecular weight excluding hydrogens is 717 g/mol. The van der Waals surface area contributed by atoms with Gasteiger partial charge in [0.05, 0.1) is 51.5 Å². The minimum atomic E-state index is -4.84. The van der Waals surface area contributed by atoms with Gasteiger partial charge >= 0.3 is 7.82 Å². The molecule has 0 unspecified atom stereocenters. The van der Waals surface area contributed by atoms with Gasteiger partial charge in [0.2, 0.25) is 11.8 Å². The number of fused-ring (bicyclic) bond motifs is 1. The van der Waals surface area contributed by atoms with E-state index < -0.39 is 76.0 Å². The van der Waals surface area contributed by atoms with Gasteiger partial charge in [-0.2, -0.15) is 0 Å². The van der Waals surface area contributed by atoms with Crippen molar-refractivity contribution in [2.24, 2.45) is 5.92 Å². The Labute approximate surface area is 298 Å². The zero-order valence-electron chi connectivity index (χ0n) is 28.8. The standard InChI is InChI=1S/C29H48N7O15P/c1-16-21(35-17(2)38)29(51-18(11-37)23(16)40)47-7-4-3-5-20(39)31-6-8-45-9-10-46-15-48-25-24(41)19(12-49-52(42,43)44)50-28(25)36-14-34-22-26(30)32-13-33-27(22)36/h13-14,16,18-19,21,23-25,28-29,37,40-41H,3-12,15H2,1-2H3,(H,31,39)(H,35,38)(H2,30,32,33)(H2,42,43,44)/t16-,18-,19+,21-,23-,24+,25+,28+,29-/m0/s1. The molecule has 23 heteroatoms. The summed E-state index contributed by atoms with van der Waals surface area (Å²) in [6.07, 6.45) is -3.44. The number of aromatic nitrogens is 4. The van der Waals surface area contributed by atoms with Gasteiger partial charge in [-0.1, -0.05) is 6.92 Å². The first-order valence-electron chi connectivity index (χ1n) is 16.6. The maximum atomic E-state index is 12.2. The minimum Gasteiger partial charge on any atom is -0.394 e. The molecule has 4 heterocycles. The average molecular weight is 766 g/mol. The fourth-order valence-electron chi connectivity index (χ4n) is 5.69. The molecule has 2 amide bonds. The van der Waals surface area contributed by atoms with E-state index in [1.807, 2.05) is 0 Å². The van der Waals surface area contributed by atoms with Crippen molar-refractivity contribution in [1.82, 2.24) is 30.2 Å². The third-order valence-electron chi connectivity index (χ3n) is 8.38. The van der Waals surface area contributed by atoms with E-state index in [4.69, 9.17) is 43.9 Å². The third kappa shape index (κ3) is 11.8. The van der Waals surface area contributed by atoms with Gasteiger partial charge in [-0.15, -0.1) is 0 Å². The fraction of sp³-hybridized carbons (Fsp3) is 0.759. The van der Waals surface area contributed by atoms with Crippen molar-refractivity contribution in [1.29, 1.82) is 0 Å². The lowest BCUT2D eigenvalue weighted by Crippen LogP contribution is -2.60. The normalized spacial score (nSPS) is 27.9. The van der Waals surface area contributed by atoms with Crippen LogP contribution < -0.4 is 16.4 Å². The first kappa shape index (κ1) is 41.8. The van der Waals surface area contributed by atoms with E-state index in [0.717, 1.165) is 0 Å². The zero-order valence-corrected chi connectivity index (χ0v) is 29.7. The molecule has 2 fully saturated rings. The second-order valence-electron chi connectivity index (χ2n) is 12.2. The summed E-state index contributed by atoms with van der Waals surface area (Å²) in [7, 11) is -4.84. The highest BCUT2D eigenvalue weighted by Crippen LogP contribution is 2.39. The molecule has 9 N–H and O–H groups in total. The molecule has 0 bridgehead atoms. The number of hydrogen-bond acceptors (Lipinski definition) is 17. The first-order chi connectivity index (χ1) is 24.8. The first-order valence-corrected chi connectivity index (χ1v) is 18.2. The Bertz CT molecular complexity index is 1480. The van der Waals surface area contributed by atoms with Crippen LogP contribution in [0.3, 0.4) is 0 Å². The fourth-order valence-corrected chi connectivity index (χ4v) is 6.04. The van der Waals surface area contributed by atoms with E-state index in [1.54, 1.807) is 6.92 Å². The number of carbonyl (C=O) groups excluding carboxylic acids is 2. The quantitative estimate of drug-likeness (QED) is 0.0375. The van der Waals surface area contributed by atoms with Crippen molar-refractivity contribution < 1.29 is 72.2 Å². The van der Waals surface area contributed by atoms with Crippen molar-refractivity contribution in [2.45, 2.75) is 82.2 Å². The molecule has 22 nitrogen and oxygen atoms in total. The number of phosphoric ester groups is 1. The van der Waals surface area contributed by atoms with Gasteiger partial charge in [0.1, 0.15) is 43.1 Å². The molecule has 2 saturated heterocycles. The third-order valence-corrected chi connectivity index (χ3v) is 8.87. The molecule has 0 spiro atoms. The van der Waals surface area contributed by atoms with Gasteiger partial charge in [0, 0.05) is 32.4 Å². The summed E-state index contributed by atoms with van der Waals surface area (Å²) >= 11 is 0. The van der Waals surface area contributed by atoms with Crippen LogP contribution >= 0.6 is 7.82 Å². The van der Waals surface area contributed by atoms with Gasteiger partial charge in [0.25, 0.3) is 0 Å². The maximum Gasteiger partial charge on any atom is 0.469 e. The molecular formula is C29H48N7O15P. The number of nitrogens with zero attached hydrogens (tertiary/aromatic N) is 4. The van der Waals surface area contributed by atoms with E-state index in [1.165, 1.54) is 24.1 Å². The SMILES string of the molecule is CC(=O)N[C@@H]1[C@@H](OCCCCC(=O)NCCOCCOCO[C@@H]2[C@H](O)[C@@H](COP(=O)(O)O)O[C@H]2n2cnc3c(N)ncnc32)O[C@@H](CO)[C@@H](O)[C@H]1C. The predicted octanol–water partition coefficient (Wildman–Crippen LogP) is -2.33. The van der Waals surface area contributed by atoms with E-state index in [0.29, 0.717) is 12.8 Å². The lowest BCUT2D eigenvalue weighted by Gasteiger charge is -2.43. The van der Waals surface area contributed by atoms with Crippen molar-refractivity contribution in [3.63, 3.8) is 0 Å². The lowest BCUT2D eigenvalue weighted by atomic mass is 9.89. The Morgan fingerprint density at radius 1 is 1.02 bits per heavy atom. The summed E-state index contributed by atoms with van der Waals surface area (Å²) in [5.41, 5.74) is 6.43. The second kappa shape index (κ2) is 19.9. The number of aliphatic hydroxyl groups is 3. The maximum absolute atomic E-state index is 12.2. The van der Waals surface area contributed by atoms with Crippen LogP contribution in [0.1, 0.15) is 39.3 Å². The molecule has 0 aliphatic carbocycles. The summed E-state index contributed by atoms with van der Waals surface area (Å²) in [5.74, 6) is -0.766. The average Bonchev–Trinajstić information content (AvgIpc) is 3.66. The van der Waals surface area contributed by atoms with Crippen LogP contribution in [0.2, 0.25) is 0 Å². The number of carbonyl (C=O) groups is 2. The minimum absolute atomic E-state index is 0.106. The van der Waals surface area contributed by atoms with Gasteiger partial charge < -0.3 is 69.9 Å². The molecule has 9 atom stereocenters. The summed E-state index contributed by atoms with van der Waals surface area (Å²) in [5, 5.41) is 36.2. The number of rotatable bonds is 21. The smallest absolute Gasteiger partial charge is 0.394 e. The number of nitrogens with one attached hydrogen (secondary N) is 2. The number of nitrogen functional groups attached to an aromatic ring is 1. The summed E-state index contributed by atoms with van der Waals surface area (Å²) in [4.78, 5) is 54.2.